The Morgan fingerprint density at radius 2 is 2.13 bits per heavy atom. The average molecular weight is 213 g/mol. The van der Waals surface area contributed by atoms with Crippen LogP contribution in [-0.4, -0.2) is 23.1 Å². The molecule has 6 nitrogen and oxygen atoms in total. The highest BCUT2D eigenvalue weighted by molar-refractivity contribution is 5.94. The minimum Gasteiger partial charge on any atom is -0.508 e. The minimum atomic E-state index is -0.809. The third-order valence-corrected chi connectivity index (χ3v) is 1.58. The van der Waals surface area contributed by atoms with Gasteiger partial charge in [-0.1, -0.05) is 7.43 Å². The molecule has 0 aliphatic heterocycles. The van der Waals surface area contributed by atoms with Gasteiger partial charge in [-0.05, 0) is 12.1 Å². The SMILES string of the molecule is C.COC(=O)c1ccc(O)cc1[N+](=O)[O-]. The van der Waals surface area contributed by atoms with Gasteiger partial charge in [-0.3, -0.25) is 10.1 Å². The van der Waals surface area contributed by atoms with Crippen LogP contribution in [0.4, 0.5) is 5.69 Å². The smallest absolute Gasteiger partial charge is 0.344 e. The molecule has 0 radical (unpaired) electrons. The van der Waals surface area contributed by atoms with Gasteiger partial charge in [-0.15, -0.1) is 0 Å². The van der Waals surface area contributed by atoms with Gasteiger partial charge in [-0.2, -0.15) is 0 Å². The molecule has 1 rings (SSSR count). The first-order valence-electron chi connectivity index (χ1n) is 3.62. The molecule has 0 amide bonds. The van der Waals surface area contributed by atoms with Crippen LogP contribution >= 0.6 is 0 Å². The number of methoxy groups -OCH3 is 1. The third-order valence-electron chi connectivity index (χ3n) is 1.58. The summed E-state index contributed by atoms with van der Waals surface area (Å²) < 4.78 is 4.34. The summed E-state index contributed by atoms with van der Waals surface area (Å²) in [7, 11) is 1.12. The monoisotopic (exact) mass is 213 g/mol. The zero-order valence-electron chi connectivity index (χ0n) is 7.26. The van der Waals surface area contributed by atoms with Crippen molar-refractivity contribution in [1.82, 2.24) is 0 Å². The number of benzene rings is 1. The van der Waals surface area contributed by atoms with Gasteiger partial charge in [0.1, 0.15) is 11.3 Å². The van der Waals surface area contributed by atoms with Gasteiger partial charge in [0.2, 0.25) is 0 Å². The second kappa shape index (κ2) is 4.94. The quantitative estimate of drug-likeness (QED) is 0.459. The zero-order chi connectivity index (χ0) is 10.7. The van der Waals surface area contributed by atoms with Crippen molar-refractivity contribution >= 4 is 11.7 Å². The Labute approximate surface area is 86.3 Å². The topological polar surface area (TPSA) is 89.7 Å². The van der Waals surface area contributed by atoms with Crippen LogP contribution in [0.3, 0.4) is 0 Å². The maximum atomic E-state index is 11.0. The molecule has 0 saturated carbocycles. The fourth-order valence-electron chi connectivity index (χ4n) is 0.954. The lowest BCUT2D eigenvalue weighted by molar-refractivity contribution is -0.385. The van der Waals surface area contributed by atoms with E-state index >= 15 is 0 Å². The van der Waals surface area contributed by atoms with Crippen LogP contribution in [0.2, 0.25) is 0 Å². The van der Waals surface area contributed by atoms with E-state index in [1.54, 1.807) is 0 Å². The molecule has 6 heteroatoms. The fraction of sp³-hybridized carbons (Fsp3) is 0.222. The van der Waals surface area contributed by atoms with E-state index in [-0.39, 0.29) is 18.7 Å². The van der Waals surface area contributed by atoms with E-state index in [1.165, 1.54) is 6.07 Å². The Hall–Kier alpha value is -2.11. The number of hydrogen-bond donors (Lipinski definition) is 1. The number of ether oxygens (including phenoxy) is 1. The number of phenolic OH excluding ortho intramolecular Hbond substituents is 1. The van der Waals surface area contributed by atoms with E-state index in [4.69, 9.17) is 5.11 Å². The maximum absolute atomic E-state index is 11.0. The molecule has 15 heavy (non-hydrogen) atoms. The van der Waals surface area contributed by atoms with Crippen LogP contribution in [0.15, 0.2) is 18.2 Å². The van der Waals surface area contributed by atoms with Crippen molar-refractivity contribution in [3.05, 3.63) is 33.9 Å². The normalized spacial score (nSPS) is 8.87. The second-order valence-electron chi connectivity index (χ2n) is 2.45. The highest BCUT2D eigenvalue weighted by atomic mass is 16.6. The van der Waals surface area contributed by atoms with Crippen LogP contribution in [0.25, 0.3) is 0 Å². The van der Waals surface area contributed by atoms with Gasteiger partial charge < -0.3 is 9.84 Å². The number of hydrogen-bond acceptors (Lipinski definition) is 5. The lowest BCUT2D eigenvalue weighted by Crippen LogP contribution is -2.05. The molecule has 0 heterocycles. The standard InChI is InChI=1S/C8H7NO5.CH4/c1-14-8(11)6-3-2-5(10)4-7(6)9(12)13;/h2-4,10H,1H3;1H4. The average Bonchev–Trinajstić information content (AvgIpc) is 2.16. The third kappa shape index (κ3) is 2.67. The molecule has 0 atom stereocenters. The predicted molar refractivity (Wildman–Crippen MR) is 52.8 cm³/mol. The van der Waals surface area contributed by atoms with Gasteiger partial charge in [0.05, 0.1) is 18.1 Å². The number of esters is 1. The Morgan fingerprint density at radius 1 is 1.53 bits per heavy atom. The van der Waals surface area contributed by atoms with Crippen molar-refractivity contribution in [2.75, 3.05) is 7.11 Å². The van der Waals surface area contributed by atoms with Crippen LogP contribution in [0, 0.1) is 10.1 Å². The Kier molecular flexibility index (Phi) is 4.25. The number of aromatic hydroxyl groups is 1. The molecule has 0 unspecified atom stereocenters. The first kappa shape index (κ1) is 12.9. The van der Waals surface area contributed by atoms with Gasteiger partial charge in [0, 0.05) is 0 Å². The molecular weight excluding hydrogens is 202 g/mol. The van der Waals surface area contributed by atoms with E-state index in [9.17, 15) is 14.9 Å². The lowest BCUT2D eigenvalue weighted by Gasteiger charge is -2.00. The number of rotatable bonds is 2. The van der Waals surface area contributed by atoms with Crippen LogP contribution in [-0.2, 0) is 4.74 Å². The van der Waals surface area contributed by atoms with Crippen molar-refractivity contribution in [3.63, 3.8) is 0 Å². The van der Waals surface area contributed by atoms with Gasteiger partial charge in [0.25, 0.3) is 5.69 Å². The van der Waals surface area contributed by atoms with Gasteiger partial charge in [0.15, 0.2) is 0 Å². The molecule has 0 aliphatic rings. The van der Waals surface area contributed by atoms with Crippen molar-refractivity contribution in [2.45, 2.75) is 7.43 Å². The lowest BCUT2D eigenvalue weighted by atomic mass is 10.2. The summed E-state index contributed by atoms with van der Waals surface area (Å²) in [5.41, 5.74) is -0.660. The Balaban J connectivity index is 0.00000196. The molecule has 0 aliphatic carbocycles. The minimum absolute atomic E-state index is 0. The summed E-state index contributed by atoms with van der Waals surface area (Å²) in [5, 5.41) is 19.5. The molecule has 0 aromatic heterocycles. The largest absolute Gasteiger partial charge is 0.508 e. The van der Waals surface area contributed by atoms with Crippen LogP contribution < -0.4 is 0 Å². The number of carbonyl (C=O) groups excluding carboxylic acids is 1. The van der Waals surface area contributed by atoms with Crippen molar-refractivity contribution in [1.29, 1.82) is 0 Å². The first-order chi connectivity index (χ1) is 6.56. The van der Waals surface area contributed by atoms with Crippen molar-refractivity contribution in [3.8, 4) is 5.75 Å². The molecular formula is C9H11NO5. The van der Waals surface area contributed by atoms with E-state index in [2.05, 4.69) is 4.74 Å². The Morgan fingerprint density at radius 3 is 2.60 bits per heavy atom. The number of nitrogens with zero attached hydrogens (tertiary/aromatic N) is 1. The summed E-state index contributed by atoms with van der Waals surface area (Å²) >= 11 is 0. The van der Waals surface area contributed by atoms with Crippen LogP contribution in [0.5, 0.6) is 5.75 Å². The van der Waals surface area contributed by atoms with Gasteiger partial charge in [-0.25, -0.2) is 4.79 Å². The number of nitro benzene ring substituents is 1. The Bertz CT molecular complexity index is 388. The van der Waals surface area contributed by atoms with E-state index in [0.717, 1.165) is 19.2 Å². The number of carbonyl (C=O) groups is 1. The first-order valence-corrected chi connectivity index (χ1v) is 3.62. The molecule has 0 fully saturated rings. The molecule has 0 bridgehead atoms. The maximum Gasteiger partial charge on any atom is 0.344 e. The molecule has 1 N–H and O–H groups in total. The second-order valence-corrected chi connectivity index (χ2v) is 2.45. The molecule has 82 valence electrons. The molecule has 0 spiro atoms. The number of phenols is 1. The fourth-order valence-corrected chi connectivity index (χ4v) is 0.954. The predicted octanol–water partition coefficient (Wildman–Crippen LogP) is 1.72. The van der Waals surface area contributed by atoms with Crippen molar-refractivity contribution < 1.29 is 19.6 Å². The summed E-state index contributed by atoms with van der Waals surface area (Å²) in [4.78, 5) is 20.8. The summed E-state index contributed by atoms with van der Waals surface area (Å²) in [5.74, 6) is -1.08. The van der Waals surface area contributed by atoms with Crippen molar-refractivity contribution in [2.24, 2.45) is 0 Å². The van der Waals surface area contributed by atoms with E-state index in [0.29, 0.717) is 0 Å². The molecule has 1 aromatic carbocycles. The van der Waals surface area contributed by atoms with E-state index in [1.807, 2.05) is 0 Å². The summed E-state index contributed by atoms with van der Waals surface area (Å²) in [6.07, 6.45) is 0. The zero-order valence-corrected chi connectivity index (χ0v) is 7.26. The molecule has 0 saturated heterocycles. The van der Waals surface area contributed by atoms with Crippen LogP contribution in [0.1, 0.15) is 17.8 Å². The summed E-state index contributed by atoms with van der Waals surface area (Å²) in [6, 6.07) is 3.21. The number of nitro groups is 1. The highest BCUT2D eigenvalue weighted by Gasteiger charge is 2.20. The summed E-state index contributed by atoms with van der Waals surface area (Å²) in [6.45, 7) is 0. The van der Waals surface area contributed by atoms with Gasteiger partial charge >= 0.3 is 5.97 Å². The highest BCUT2D eigenvalue weighted by Crippen LogP contribution is 2.24. The van der Waals surface area contributed by atoms with E-state index < -0.39 is 16.6 Å². The molecule has 1 aromatic rings.